The Kier molecular flexibility index (Phi) is 5.71. The summed E-state index contributed by atoms with van der Waals surface area (Å²) in [5.74, 6) is 2.06. The van der Waals surface area contributed by atoms with Crippen LogP contribution < -0.4 is 10.6 Å². The minimum Gasteiger partial charge on any atom is -0.352 e. The fourth-order valence-corrected chi connectivity index (χ4v) is 4.56. The molecule has 0 aromatic rings. The first-order valence-corrected chi connectivity index (χ1v) is 9.88. The van der Waals surface area contributed by atoms with Crippen molar-refractivity contribution in [2.75, 3.05) is 36.9 Å². The summed E-state index contributed by atoms with van der Waals surface area (Å²) >= 11 is 1.79. The molecule has 2 heterocycles. The molecule has 6 nitrogen and oxygen atoms in total. The van der Waals surface area contributed by atoms with E-state index >= 15 is 0 Å². The molecule has 2 fully saturated rings. The number of thioether (sulfide) groups is 1. The van der Waals surface area contributed by atoms with E-state index < -0.39 is 10.0 Å². The molecule has 8 heteroatoms. The molecule has 2 rings (SSSR count). The summed E-state index contributed by atoms with van der Waals surface area (Å²) in [5.41, 5.74) is 0. The van der Waals surface area contributed by atoms with Crippen molar-refractivity contribution in [3.05, 3.63) is 0 Å². The first-order chi connectivity index (χ1) is 9.53. The Balaban J connectivity index is 1.78. The van der Waals surface area contributed by atoms with Gasteiger partial charge in [-0.2, -0.15) is 11.8 Å². The van der Waals surface area contributed by atoms with E-state index in [9.17, 15) is 13.2 Å². The Labute approximate surface area is 125 Å². The van der Waals surface area contributed by atoms with E-state index in [1.54, 1.807) is 18.7 Å². The molecule has 0 aliphatic carbocycles. The highest BCUT2D eigenvalue weighted by Gasteiger charge is 2.29. The Hall–Kier alpha value is -0.310. The van der Waals surface area contributed by atoms with Gasteiger partial charge in [0.1, 0.15) is 0 Å². The summed E-state index contributed by atoms with van der Waals surface area (Å²) in [4.78, 5) is 12.1. The van der Waals surface area contributed by atoms with Gasteiger partial charge in [0.05, 0.1) is 11.8 Å². The van der Waals surface area contributed by atoms with Crippen LogP contribution in [0.5, 0.6) is 0 Å². The zero-order valence-electron chi connectivity index (χ0n) is 11.8. The normalized spacial score (nSPS) is 26.4. The molecule has 1 amide bonds. The lowest BCUT2D eigenvalue weighted by atomic mass is 10.1. The number of hydrogen-bond donors (Lipinski definition) is 2. The number of carbonyl (C=O) groups excluding carboxylic acids is 1. The summed E-state index contributed by atoms with van der Waals surface area (Å²) in [7, 11) is -3.09. The van der Waals surface area contributed by atoms with Gasteiger partial charge < -0.3 is 10.6 Å². The standard InChI is InChI=1S/C12H23N3O3S2/c1-2-20(17,18)15-6-3-10(4-7-15)14-12(16)11-9-19-8-5-13-11/h10-11,13H,2-9H2,1H3,(H,14,16). The van der Waals surface area contributed by atoms with Crippen molar-refractivity contribution in [2.24, 2.45) is 0 Å². The summed E-state index contributed by atoms with van der Waals surface area (Å²) in [6.07, 6.45) is 1.40. The Morgan fingerprint density at radius 3 is 2.65 bits per heavy atom. The Morgan fingerprint density at radius 1 is 1.40 bits per heavy atom. The van der Waals surface area contributed by atoms with Gasteiger partial charge in [-0.1, -0.05) is 0 Å². The number of sulfonamides is 1. The highest BCUT2D eigenvalue weighted by molar-refractivity contribution is 7.99. The van der Waals surface area contributed by atoms with Gasteiger partial charge in [-0.05, 0) is 19.8 Å². The van der Waals surface area contributed by atoms with Gasteiger partial charge in [-0.15, -0.1) is 0 Å². The van der Waals surface area contributed by atoms with Crippen LogP contribution in [0.1, 0.15) is 19.8 Å². The van der Waals surface area contributed by atoms with Crippen LogP contribution >= 0.6 is 11.8 Å². The number of nitrogens with zero attached hydrogens (tertiary/aromatic N) is 1. The SMILES string of the molecule is CCS(=O)(=O)N1CCC(NC(=O)C2CSCCN2)CC1. The van der Waals surface area contributed by atoms with Crippen LogP contribution in [0.3, 0.4) is 0 Å². The zero-order chi connectivity index (χ0) is 14.6. The third-order valence-electron chi connectivity index (χ3n) is 3.80. The molecule has 0 saturated carbocycles. The molecule has 0 bridgehead atoms. The molecule has 20 heavy (non-hydrogen) atoms. The second kappa shape index (κ2) is 7.11. The molecule has 2 N–H and O–H groups in total. The Bertz CT molecular complexity index is 427. The molecule has 0 aromatic heterocycles. The van der Waals surface area contributed by atoms with E-state index in [0.29, 0.717) is 25.9 Å². The number of rotatable bonds is 4. The van der Waals surface area contributed by atoms with Crippen molar-refractivity contribution in [3.8, 4) is 0 Å². The molecule has 1 atom stereocenters. The van der Waals surface area contributed by atoms with Gasteiger partial charge in [-0.3, -0.25) is 4.79 Å². The van der Waals surface area contributed by atoms with Gasteiger partial charge in [0.2, 0.25) is 15.9 Å². The second-order valence-corrected chi connectivity index (χ2v) is 8.57. The first kappa shape index (κ1) is 16.1. The molecular weight excluding hydrogens is 298 g/mol. The fourth-order valence-electron chi connectivity index (χ4n) is 2.50. The summed E-state index contributed by atoms with van der Waals surface area (Å²) < 4.78 is 25.0. The van der Waals surface area contributed by atoms with Crippen molar-refractivity contribution >= 4 is 27.7 Å². The molecule has 0 spiro atoms. The molecule has 1 unspecified atom stereocenters. The average molecular weight is 321 g/mol. The highest BCUT2D eigenvalue weighted by Crippen LogP contribution is 2.15. The molecule has 2 saturated heterocycles. The number of nitrogens with one attached hydrogen (secondary N) is 2. The Morgan fingerprint density at radius 2 is 2.10 bits per heavy atom. The van der Waals surface area contributed by atoms with E-state index in [4.69, 9.17) is 0 Å². The maximum atomic E-state index is 12.1. The minimum absolute atomic E-state index is 0.0500. The van der Waals surface area contributed by atoms with Crippen molar-refractivity contribution in [1.82, 2.24) is 14.9 Å². The van der Waals surface area contributed by atoms with E-state index in [-0.39, 0.29) is 23.7 Å². The van der Waals surface area contributed by atoms with Crippen LogP contribution in [0, 0.1) is 0 Å². The molecule has 2 aliphatic rings. The fraction of sp³-hybridized carbons (Fsp3) is 0.917. The van der Waals surface area contributed by atoms with Crippen molar-refractivity contribution in [3.63, 3.8) is 0 Å². The van der Waals surface area contributed by atoms with Crippen LogP contribution in [-0.2, 0) is 14.8 Å². The third kappa shape index (κ3) is 4.09. The number of piperidine rings is 1. The number of hydrogen-bond acceptors (Lipinski definition) is 5. The lowest BCUT2D eigenvalue weighted by Crippen LogP contribution is -2.54. The predicted molar refractivity (Wildman–Crippen MR) is 81.3 cm³/mol. The predicted octanol–water partition coefficient (Wildman–Crippen LogP) is -0.378. The first-order valence-electron chi connectivity index (χ1n) is 7.12. The van der Waals surface area contributed by atoms with Crippen LogP contribution in [0.2, 0.25) is 0 Å². The van der Waals surface area contributed by atoms with Crippen LogP contribution in [0.25, 0.3) is 0 Å². The van der Waals surface area contributed by atoms with Crippen molar-refractivity contribution in [2.45, 2.75) is 31.8 Å². The molecule has 116 valence electrons. The van der Waals surface area contributed by atoms with E-state index in [1.807, 2.05) is 0 Å². The molecule has 0 aromatic carbocycles. The summed E-state index contributed by atoms with van der Waals surface area (Å²) in [6, 6.07) is -0.00862. The van der Waals surface area contributed by atoms with E-state index in [0.717, 1.165) is 18.1 Å². The summed E-state index contributed by atoms with van der Waals surface area (Å²) in [5, 5.41) is 6.25. The van der Waals surface area contributed by atoms with Crippen LogP contribution in [0.4, 0.5) is 0 Å². The van der Waals surface area contributed by atoms with Crippen LogP contribution in [-0.4, -0.2) is 67.6 Å². The maximum absolute atomic E-state index is 12.1. The lowest BCUT2D eigenvalue weighted by Gasteiger charge is -2.32. The van der Waals surface area contributed by atoms with Gasteiger partial charge in [0.25, 0.3) is 0 Å². The molecule has 2 aliphatic heterocycles. The third-order valence-corrected chi connectivity index (χ3v) is 6.74. The number of amides is 1. The second-order valence-electron chi connectivity index (χ2n) is 5.16. The number of carbonyl (C=O) groups is 1. The largest absolute Gasteiger partial charge is 0.352 e. The topological polar surface area (TPSA) is 78.5 Å². The quantitative estimate of drug-likeness (QED) is 0.738. The molecule has 0 radical (unpaired) electrons. The summed E-state index contributed by atoms with van der Waals surface area (Å²) in [6.45, 7) is 3.55. The molecular formula is C12H23N3O3S2. The smallest absolute Gasteiger partial charge is 0.238 e. The van der Waals surface area contributed by atoms with Crippen LogP contribution in [0.15, 0.2) is 0 Å². The van der Waals surface area contributed by atoms with Gasteiger partial charge in [0.15, 0.2) is 0 Å². The van der Waals surface area contributed by atoms with Crippen molar-refractivity contribution < 1.29 is 13.2 Å². The van der Waals surface area contributed by atoms with Gasteiger partial charge in [0, 0.05) is 37.2 Å². The van der Waals surface area contributed by atoms with Crippen molar-refractivity contribution in [1.29, 1.82) is 0 Å². The average Bonchev–Trinajstić information content (AvgIpc) is 2.48. The van der Waals surface area contributed by atoms with E-state index in [2.05, 4.69) is 10.6 Å². The minimum atomic E-state index is -3.09. The monoisotopic (exact) mass is 321 g/mol. The zero-order valence-corrected chi connectivity index (χ0v) is 13.4. The lowest BCUT2D eigenvalue weighted by molar-refractivity contribution is -0.123. The highest BCUT2D eigenvalue weighted by atomic mass is 32.2. The maximum Gasteiger partial charge on any atom is 0.238 e. The van der Waals surface area contributed by atoms with E-state index in [1.165, 1.54) is 4.31 Å². The van der Waals surface area contributed by atoms with Gasteiger partial charge in [-0.25, -0.2) is 12.7 Å². The van der Waals surface area contributed by atoms with Gasteiger partial charge >= 0.3 is 0 Å².